The van der Waals surface area contributed by atoms with Gasteiger partial charge >= 0.3 is 0 Å². The summed E-state index contributed by atoms with van der Waals surface area (Å²) in [6, 6.07) is 3.40. The number of carbonyl (C=O) groups excluding carboxylic acids is 2. The smallest absolute Gasteiger partial charge is 0.299 e. The number of ketones is 1. The lowest BCUT2D eigenvalue weighted by Gasteiger charge is -2.16. The van der Waals surface area contributed by atoms with Crippen LogP contribution in [0.25, 0.3) is 0 Å². The lowest BCUT2D eigenvalue weighted by molar-refractivity contribution is -0.114. The largest absolute Gasteiger partial charge is 0.302 e. The topological polar surface area (TPSA) is 37.4 Å². The van der Waals surface area contributed by atoms with Gasteiger partial charge in [0.05, 0.1) is 17.8 Å². The molecule has 84 valence electrons. The van der Waals surface area contributed by atoms with Gasteiger partial charge in [-0.25, -0.2) is 4.39 Å². The maximum absolute atomic E-state index is 12.3. The van der Waals surface area contributed by atoms with E-state index in [1.54, 1.807) is 19.1 Å². The monoisotopic (exact) mass is 285 g/mol. The molecule has 2 rings (SSSR count). The molecule has 0 saturated heterocycles. The number of alkyl halides is 1. The van der Waals surface area contributed by atoms with Crippen molar-refractivity contribution in [2.45, 2.75) is 6.92 Å². The van der Waals surface area contributed by atoms with Gasteiger partial charge in [0.15, 0.2) is 0 Å². The lowest BCUT2D eigenvalue weighted by atomic mass is 10.1. The molecular weight excluding hydrogens is 277 g/mol. The van der Waals surface area contributed by atoms with Crippen molar-refractivity contribution in [1.29, 1.82) is 0 Å². The molecule has 0 N–H and O–H groups in total. The van der Waals surface area contributed by atoms with Gasteiger partial charge in [-0.1, -0.05) is 15.9 Å². The molecule has 1 amide bonds. The summed E-state index contributed by atoms with van der Waals surface area (Å²) in [5.74, 6) is -1.21. The van der Waals surface area contributed by atoms with Crippen molar-refractivity contribution < 1.29 is 14.0 Å². The van der Waals surface area contributed by atoms with Crippen molar-refractivity contribution >= 4 is 33.3 Å². The molecule has 0 fully saturated rings. The van der Waals surface area contributed by atoms with E-state index in [9.17, 15) is 14.0 Å². The Labute approximate surface area is 100 Å². The van der Waals surface area contributed by atoms with Gasteiger partial charge in [-0.05, 0) is 24.6 Å². The summed E-state index contributed by atoms with van der Waals surface area (Å²) in [7, 11) is 0. The van der Waals surface area contributed by atoms with Gasteiger partial charge in [-0.3, -0.25) is 9.59 Å². The summed E-state index contributed by atoms with van der Waals surface area (Å²) in [6.45, 7) is 1.06. The van der Waals surface area contributed by atoms with E-state index in [-0.39, 0.29) is 6.54 Å². The zero-order chi connectivity index (χ0) is 11.9. The third-order valence-corrected chi connectivity index (χ3v) is 2.99. The number of hydrogen-bond donors (Lipinski definition) is 0. The first-order valence-corrected chi connectivity index (χ1v) is 5.58. The number of halogens is 2. The van der Waals surface area contributed by atoms with Crippen molar-refractivity contribution in [3.05, 3.63) is 27.7 Å². The standard InChI is InChI=1S/C11H9BrFNO2/c1-6-4-7(12)5-8-9(6)14(3-2-13)11(16)10(8)15/h4-5H,2-3H2,1H3. The summed E-state index contributed by atoms with van der Waals surface area (Å²) in [5, 5.41) is 0. The SMILES string of the molecule is Cc1cc(Br)cc2c1N(CCF)C(=O)C2=O. The van der Waals surface area contributed by atoms with Gasteiger partial charge < -0.3 is 4.90 Å². The van der Waals surface area contributed by atoms with Crippen LogP contribution in [0.5, 0.6) is 0 Å². The van der Waals surface area contributed by atoms with Crippen molar-refractivity contribution in [2.24, 2.45) is 0 Å². The molecule has 16 heavy (non-hydrogen) atoms. The van der Waals surface area contributed by atoms with Crippen molar-refractivity contribution in [1.82, 2.24) is 0 Å². The van der Waals surface area contributed by atoms with Crippen LogP contribution in [0.4, 0.5) is 10.1 Å². The quantitative estimate of drug-likeness (QED) is 0.782. The van der Waals surface area contributed by atoms with Gasteiger partial charge in [-0.15, -0.1) is 0 Å². The predicted molar refractivity (Wildman–Crippen MR) is 61.5 cm³/mol. The average molecular weight is 286 g/mol. The van der Waals surface area contributed by atoms with Gasteiger partial charge in [0.2, 0.25) is 0 Å². The zero-order valence-electron chi connectivity index (χ0n) is 8.59. The molecule has 3 nitrogen and oxygen atoms in total. The Balaban J connectivity index is 2.60. The van der Waals surface area contributed by atoms with E-state index in [2.05, 4.69) is 15.9 Å². The number of carbonyl (C=O) groups is 2. The molecule has 0 aliphatic carbocycles. The molecule has 0 radical (unpaired) electrons. The maximum atomic E-state index is 12.3. The van der Waals surface area contributed by atoms with Crippen LogP contribution >= 0.6 is 15.9 Å². The molecule has 0 unspecified atom stereocenters. The number of fused-ring (bicyclic) bond motifs is 1. The van der Waals surface area contributed by atoms with E-state index < -0.39 is 18.4 Å². The first kappa shape index (κ1) is 11.3. The van der Waals surface area contributed by atoms with E-state index >= 15 is 0 Å². The Bertz CT molecular complexity index is 487. The number of anilines is 1. The van der Waals surface area contributed by atoms with Crippen LogP contribution in [0.15, 0.2) is 16.6 Å². The summed E-state index contributed by atoms with van der Waals surface area (Å²) < 4.78 is 13.1. The maximum Gasteiger partial charge on any atom is 0.299 e. The minimum Gasteiger partial charge on any atom is -0.302 e. The molecular formula is C11H9BrFNO2. The summed E-state index contributed by atoms with van der Waals surface area (Å²) in [5.41, 5.74) is 1.68. The van der Waals surface area contributed by atoms with Crippen LogP contribution in [-0.2, 0) is 4.79 Å². The number of amides is 1. The Morgan fingerprint density at radius 3 is 2.69 bits per heavy atom. The molecule has 1 heterocycles. The highest BCUT2D eigenvalue weighted by molar-refractivity contribution is 9.10. The normalized spacial score (nSPS) is 14.6. The van der Waals surface area contributed by atoms with E-state index in [1.807, 2.05) is 0 Å². The first-order valence-electron chi connectivity index (χ1n) is 4.78. The summed E-state index contributed by atoms with van der Waals surface area (Å²) in [6.07, 6.45) is 0. The highest BCUT2D eigenvalue weighted by Crippen LogP contribution is 2.34. The van der Waals surface area contributed by atoms with Crippen molar-refractivity contribution in [2.75, 3.05) is 18.1 Å². The molecule has 0 bridgehead atoms. The fraction of sp³-hybridized carbons (Fsp3) is 0.273. The third-order valence-electron chi connectivity index (χ3n) is 2.53. The molecule has 1 aliphatic rings. The van der Waals surface area contributed by atoms with Crippen LogP contribution in [0, 0.1) is 6.92 Å². The number of hydrogen-bond acceptors (Lipinski definition) is 2. The molecule has 1 aromatic rings. The highest BCUT2D eigenvalue weighted by Gasteiger charge is 2.36. The second-order valence-electron chi connectivity index (χ2n) is 3.59. The number of nitrogens with zero attached hydrogens (tertiary/aromatic N) is 1. The van der Waals surface area contributed by atoms with E-state index in [4.69, 9.17) is 0 Å². The third kappa shape index (κ3) is 1.55. The van der Waals surface area contributed by atoms with Gasteiger partial charge in [0, 0.05) is 4.47 Å². The van der Waals surface area contributed by atoms with Gasteiger partial charge in [-0.2, -0.15) is 0 Å². The van der Waals surface area contributed by atoms with Gasteiger partial charge in [0.25, 0.3) is 11.7 Å². The average Bonchev–Trinajstić information content (AvgIpc) is 2.44. The fourth-order valence-electron chi connectivity index (χ4n) is 1.90. The molecule has 1 aliphatic heterocycles. The predicted octanol–water partition coefficient (Wildman–Crippen LogP) is 2.26. The Morgan fingerprint density at radius 1 is 1.38 bits per heavy atom. The van der Waals surface area contributed by atoms with Crippen LogP contribution < -0.4 is 4.90 Å². The Kier molecular flexibility index (Phi) is 2.80. The summed E-state index contributed by atoms with van der Waals surface area (Å²) in [4.78, 5) is 24.5. The second-order valence-corrected chi connectivity index (χ2v) is 4.51. The molecule has 0 saturated carbocycles. The zero-order valence-corrected chi connectivity index (χ0v) is 10.2. The number of Topliss-reactive ketones (excluding diaryl/α,β-unsaturated/α-hetero) is 1. The van der Waals surface area contributed by atoms with Crippen molar-refractivity contribution in [3.8, 4) is 0 Å². The van der Waals surface area contributed by atoms with Crippen LogP contribution in [0.3, 0.4) is 0 Å². The van der Waals surface area contributed by atoms with Crippen LogP contribution in [-0.4, -0.2) is 24.9 Å². The van der Waals surface area contributed by atoms with Crippen LogP contribution in [0.2, 0.25) is 0 Å². The first-order chi connectivity index (χ1) is 7.56. The minimum atomic E-state index is -0.659. The number of rotatable bonds is 2. The molecule has 5 heteroatoms. The molecule has 0 atom stereocenters. The number of benzene rings is 1. The molecule has 0 aromatic heterocycles. The lowest BCUT2D eigenvalue weighted by Crippen LogP contribution is -2.31. The van der Waals surface area contributed by atoms with E-state index in [1.165, 1.54) is 4.90 Å². The van der Waals surface area contributed by atoms with E-state index in [0.29, 0.717) is 11.3 Å². The Morgan fingerprint density at radius 2 is 2.06 bits per heavy atom. The van der Waals surface area contributed by atoms with Gasteiger partial charge in [0.1, 0.15) is 6.67 Å². The molecule has 0 spiro atoms. The Hall–Kier alpha value is -1.23. The molecule has 1 aromatic carbocycles. The van der Waals surface area contributed by atoms with Crippen molar-refractivity contribution in [3.63, 3.8) is 0 Å². The number of aryl methyl sites for hydroxylation is 1. The minimum absolute atomic E-state index is 0.0694. The summed E-state index contributed by atoms with van der Waals surface area (Å²) >= 11 is 3.27. The highest BCUT2D eigenvalue weighted by atomic mass is 79.9. The second kappa shape index (κ2) is 3.97. The van der Waals surface area contributed by atoms with Crippen LogP contribution in [0.1, 0.15) is 15.9 Å². The fourth-order valence-corrected chi connectivity index (χ4v) is 2.48. The van der Waals surface area contributed by atoms with E-state index in [0.717, 1.165) is 10.0 Å².